The average Bonchev–Trinajstić information content (AvgIpc) is 2.25. The number of nitrogen functional groups attached to an aromatic ring is 1. The molecule has 3 heteroatoms. The van der Waals surface area contributed by atoms with Gasteiger partial charge in [0.05, 0.1) is 5.69 Å². The first-order valence-electron chi connectivity index (χ1n) is 4.71. The van der Waals surface area contributed by atoms with Gasteiger partial charge in [-0.2, -0.15) is 0 Å². The summed E-state index contributed by atoms with van der Waals surface area (Å²) in [7, 11) is 0. The molecule has 0 saturated heterocycles. The van der Waals surface area contributed by atoms with E-state index in [1.165, 1.54) is 0 Å². The van der Waals surface area contributed by atoms with E-state index in [1.807, 2.05) is 37.3 Å². The molecule has 15 heavy (non-hydrogen) atoms. The number of rotatable bonds is 2. The maximum atomic E-state index is 5.75. The molecule has 1 heterocycles. The predicted molar refractivity (Wildman–Crippen MR) is 59.9 cm³/mol. The maximum Gasteiger partial charge on any atom is 0.219 e. The number of ether oxygens (including phenoxy) is 1. The van der Waals surface area contributed by atoms with Crippen molar-refractivity contribution in [2.45, 2.75) is 6.92 Å². The largest absolute Gasteiger partial charge is 0.437 e. The molecule has 2 N–H and O–H groups in total. The summed E-state index contributed by atoms with van der Waals surface area (Å²) in [6.45, 7) is 1.98. The van der Waals surface area contributed by atoms with Gasteiger partial charge in [-0.25, -0.2) is 4.98 Å². The molecule has 0 aliphatic carbocycles. The Balaban J connectivity index is 2.22. The number of hydrogen-bond donors (Lipinski definition) is 1. The molecular weight excluding hydrogens is 188 g/mol. The van der Waals surface area contributed by atoms with Crippen LogP contribution in [0.2, 0.25) is 0 Å². The summed E-state index contributed by atoms with van der Waals surface area (Å²) in [5, 5.41) is 0. The van der Waals surface area contributed by atoms with E-state index in [1.54, 1.807) is 12.3 Å². The smallest absolute Gasteiger partial charge is 0.219 e. The summed E-state index contributed by atoms with van der Waals surface area (Å²) < 4.78 is 5.53. The van der Waals surface area contributed by atoms with Gasteiger partial charge in [0.25, 0.3) is 0 Å². The van der Waals surface area contributed by atoms with Crippen molar-refractivity contribution in [2.75, 3.05) is 5.73 Å². The van der Waals surface area contributed by atoms with Gasteiger partial charge in [-0.1, -0.05) is 18.2 Å². The van der Waals surface area contributed by atoms with E-state index >= 15 is 0 Å². The summed E-state index contributed by atoms with van der Waals surface area (Å²) in [6, 6.07) is 11.1. The molecule has 0 amide bonds. The van der Waals surface area contributed by atoms with E-state index in [2.05, 4.69) is 4.98 Å². The predicted octanol–water partition coefficient (Wildman–Crippen LogP) is 2.76. The molecule has 0 atom stereocenters. The number of pyridine rings is 1. The minimum Gasteiger partial charge on any atom is -0.437 e. The molecule has 0 spiro atoms. The van der Waals surface area contributed by atoms with Crippen LogP contribution in [0.3, 0.4) is 0 Å². The van der Waals surface area contributed by atoms with E-state index < -0.39 is 0 Å². The molecule has 2 rings (SSSR count). The molecule has 3 nitrogen and oxygen atoms in total. The van der Waals surface area contributed by atoms with Gasteiger partial charge in [0, 0.05) is 12.3 Å². The first-order valence-corrected chi connectivity index (χ1v) is 4.71. The zero-order valence-corrected chi connectivity index (χ0v) is 8.47. The SMILES string of the molecule is Cc1ccc(Oc2ccccc2N)nc1. The van der Waals surface area contributed by atoms with Gasteiger partial charge in [0.1, 0.15) is 0 Å². The third-order valence-electron chi connectivity index (χ3n) is 2.02. The Labute approximate surface area is 88.5 Å². The van der Waals surface area contributed by atoms with Crippen LogP contribution in [0.15, 0.2) is 42.6 Å². The van der Waals surface area contributed by atoms with Gasteiger partial charge in [0.15, 0.2) is 5.75 Å². The van der Waals surface area contributed by atoms with Gasteiger partial charge < -0.3 is 10.5 Å². The molecule has 0 aliphatic rings. The van der Waals surface area contributed by atoms with Crippen molar-refractivity contribution in [3.8, 4) is 11.6 Å². The fourth-order valence-corrected chi connectivity index (χ4v) is 1.20. The molecule has 0 saturated carbocycles. The highest BCUT2D eigenvalue weighted by Crippen LogP contribution is 2.25. The number of anilines is 1. The lowest BCUT2D eigenvalue weighted by atomic mass is 10.3. The quantitative estimate of drug-likeness (QED) is 0.758. The number of hydrogen-bond acceptors (Lipinski definition) is 3. The van der Waals surface area contributed by atoms with Gasteiger partial charge in [0.2, 0.25) is 5.88 Å². The summed E-state index contributed by atoms with van der Waals surface area (Å²) in [5.41, 5.74) is 7.46. The Morgan fingerprint density at radius 3 is 2.60 bits per heavy atom. The molecule has 1 aromatic heterocycles. The van der Waals surface area contributed by atoms with Crippen molar-refractivity contribution in [3.05, 3.63) is 48.2 Å². The fraction of sp³-hybridized carbons (Fsp3) is 0.0833. The molecule has 76 valence electrons. The van der Waals surface area contributed by atoms with Crippen molar-refractivity contribution in [1.29, 1.82) is 0 Å². The first-order chi connectivity index (χ1) is 7.25. The summed E-state index contributed by atoms with van der Waals surface area (Å²) in [4.78, 5) is 4.14. The molecule has 0 fully saturated rings. The first kappa shape index (κ1) is 9.52. The molecule has 0 radical (unpaired) electrons. The van der Waals surface area contributed by atoms with Gasteiger partial charge >= 0.3 is 0 Å². The number of benzene rings is 1. The minimum absolute atomic E-state index is 0.554. The third-order valence-corrected chi connectivity index (χ3v) is 2.02. The van der Waals surface area contributed by atoms with Gasteiger partial charge in [-0.05, 0) is 24.6 Å². The highest BCUT2D eigenvalue weighted by atomic mass is 16.5. The zero-order valence-electron chi connectivity index (χ0n) is 8.47. The Morgan fingerprint density at radius 1 is 1.13 bits per heavy atom. The second-order valence-corrected chi connectivity index (χ2v) is 3.31. The molecule has 0 unspecified atom stereocenters. The van der Waals surface area contributed by atoms with Crippen LogP contribution in [0.5, 0.6) is 11.6 Å². The highest BCUT2D eigenvalue weighted by molar-refractivity contribution is 5.52. The molecule has 0 aliphatic heterocycles. The zero-order chi connectivity index (χ0) is 10.7. The van der Waals surface area contributed by atoms with Crippen LogP contribution in [-0.2, 0) is 0 Å². The lowest BCUT2D eigenvalue weighted by Crippen LogP contribution is -1.92. The second-order valence-electron chi connectivity index (χ2n) is 3.31. The van der Waals surface area contributed by atoms with Crippen molar-refractivity contribution < 1.29 is 4.74 Å². The van der Waals surface area contributed by atoms with Crippen LogP contribution in [-0.4, -0.2) is 4.98 Å². The highest BCUT2D eigenvalue weighted by Gasteiger charge is 2.00. The van der Waals surface area contributed by atoms with Crippen LogP contribution < -0.4 is 10.5 Å². The lowest BCUT2D eigenvalue weighted by molar-refractivity contribution is 0.465. The van der Waals surface area contributed by atoms with Crippen molar-refractivity contribution in [1.82, 2.24) is 4.98 Å². The maximum absolute atomic E-state index is 5.75. The van der Waals surface area contributed by atoms with Crippen molar-refractivity contribution >= 4 is 5.69 Å². The number of aryl methyl sites for hydroxylation is 1. The van der Waals surface area contributed by atoms with Crippen LogP contribution in [0, 0.1) is 6.92 Å². The minimum atomic E-state index is 0.554. The number of nitrogens with two attached hydrogens (primary N) is 1. The Morgan fingerprint density at radius 2 is 1.93 bits per heavy atom. The number of para-hydroxylation sites is 2. The average molecular weight is 200 g/mol. The van der Waals surface area contributed by atoms with Crippen LogP contribution in [0.1, 0.15) is 5.56 Å². The molecule has 1 aromatic carbocycles. The van der Waals surface area contributed by atoms with Crippen LogP contribution in [0.4, 0.5) is 5.69 Å². The second kappa shape index (κ2) is 4.00. The van der Waals surface area contributed by atoms with Crippen LogP contribution >= 0.6 is 0 Å². The summed E-state index contributed by atoms with van der Waals surface area (Å²) >= 11 is 0. The van der Waals surface area contributed by atoms with Crippen molar-refractivity contribution in [3.63, 3.8) is 0 Å². The number of aromatic nitrogens is 1. The Kier molecular flexibility index (Phi) is 2.54. The molecular formula is C12H12N2O. The standard InChI is InChI=1S/C12H12N2O/c1-9-6-7-12(14-8-9)15-11-5-3-2-4-10(11)13/h2-8H,13H2,1H3. The lowest BCUT2D eigenvalue weighted by Gasteiger charge is -2.06. The van der Waals surface area contributed by atoms with E-state index in [0.717, 1.165) is 5.56 Å². The summed E-state index contributed by atoms with van der Waals surface area (Å²) in [6.07, 6.45) is 1.76. The number of nitrogens with zero attached hydrogens (tertiary/aromatic N) is 1. The fourth-order valence-electron chi connectivity index (χ4n) is 1.20. The topological polar surface area (TPSA) is 48.1 Å². The van der Waals surface area contributed by atoms with E-state index in [9.17, 15) is 0 Å². The summed E-state index contributed by atoms with van der Waals surface area (Å²) in [5.74, 6) is 1.19. The van der Waals surface area contributed by atoms with Gasteiger partial charge in [-0.15, -0.1) is 0 Å². The van der Waals surface area contributed by atoms with E-state index in [4.69, 9.17) is 10.5 Å². The van der Waals surface area contributed by atoms with Crippen molar-refractivity contribution in [2.24, 2.45) is 0 Å². The third kappa shape index (κ3) is 2.26. The Hall–Kier alpha value is -2.03. The molecule has 2 aromatic rings. The van der Waals surface area contributed by atoms with Gasteiger partial charge in [-0.3, -0.25) is 0 Å². The van der Waals surface area contributed by atoms with E-state index in [0.29, 0.717) is 17.3 Å². The normalized spacial score (nSPS) is 9.93. The molecule has 0 bridgehead atoms. The monoisotopic (exact) mass is 200 g/mol. The van der Waals surface area contributed by atoms with E-state index in [-0.39, 0.29) is 0 Å². The van der Waals surface area contributed by atoms with Crippen LogP contribution in [0.25, 0.3) is 0 Å². The Bertz CT molecular complexity index is 451.